The third-order valence-electron chi connectivity index (χ3n) is 6.12. The fraction of sp³-hybridized carbons (Fsp3) is 0.290. The lowest BCUT2D eigenvalue weighted by Gasteiger charge is -2.26. The quantitative estimate of drug-likeness (QED) is 0.194. The van der Waals surface area contributed by atoms with Crippen molar-refractivity contribution in [2.45, 2.75) is 53.0 Å². The second-order valence-corrected chi connectivity index (χ2v) is 11.9. The summed E-state index contributed by atoms with van der Waals surface area (Å²) in [6.45, 7) is 12.1. The number of thiazole rings is 1. The number of benzene rings is 2. The number of hydrogen-bond donors (Lipinski definition) is 3. The van der Waals surface area contributed by atoms with E-state index < -0.39 is 6.09 Å². The molecule has 3 amide bonds. The van der Waals surface area contributed by atoms with E-state index in [9.17, 15) is 9.59 Å². The summed E-state index contributed by atoms with van der Waals surface area (Å²) in [6.07, 6.45) is 1.17. The van der Waals surface area contributed by atoms with Gasteiger partial charge in [-0.05, 0) is 62.7 Å². The predicted molar refractivity (Wildman–Crippen MR) is 166 cm³/mol. The summed E-state index contributed by atoms with van der Waals surface area (Å²) in [4.78, 5) is 35.4. The van der Waals surface area contributed by atoms with Gasteiger partial charge < -0.3 is 15.4 Å². The molecule has 0 radical (unpaired) electrons. The first kappa shape index (κ1) is 29.5. The van der Waals surface area contributed by atoms with Crippen LogP contribution in [0.5, 0.6) is 0 Å². The highest BCUT2D eigenvalue weighted by Crippen LogP contribution is 2.41. The maximum atomic E-state index is 12.7. The number of rotatable bonds is 7. The van der Waals surface area contributed by atoms with Crippen LogP contribution in [0.15, 0.2) is 66.9 Å². The third-order valence-corrected chi connectivity index (χ3v) is 7.65. The molecule has 0 atom stereocenters. The Hall–Kier alpha value is -4.44. The number of urea groups is 1. The van der Waals surface area contributed by atoms with Crippen LogP contribution in [0, 0.1) is 6.92 Å². The summed E-state index contributed by atoms with van der Waals surface area (Å²) >= 11 is 1.61. The van der Waals surface area contributed by atoms with E-state index in [1.807, 2.05) is 81.4 Å². The zero-order chi connectivity index (χ0) is 29.7. The highest BCUT2D eigenvalue weighted by atomic mass is 32.1. The topological polar surface area (TPSA) is 108 Å². The van der Waals surface area contributed by atoms with Crippen LogP contribution in [-0.4, -0.2) is 40.3 Å². The van der Waals surface area contributed by atoms with Gasteiger partial charge in [0.05, 0.1) is 28.7 Å². The Morgan fingerprint density at radius 2 is 1.66 bits per heavy atom. The van der Waals surface area contributed by atoms with E-state index in [0.29, 0.717) is 17.2 Å². The molecule has 2 aromatic carbocycles. The fourth-order valence-corrected chi connectivity index (χ4v) is 5.09. The number of aromatic nitrogens is 2. The van der Waals surface area contributed by atoms with Gasteiger partial charge in [0, 0.05) is 28.6 Å². The smallest absolute Gasteiger partial charge is 0.428 e. The Morgan fingerprint density at radius 3 is 2.32 bits per heavy atom. The van der Waals surface area contributed by atoms with Crippen LogP contribution in [0.25, 0.3) is 21.7 Å². The van der Waals surface area contributed by atoms with E-state index in [4.69, 9.17) is 9.72 Å². The first-order valence-corrected chi connectivity index (χ1v) is 14.1. The van der Waals surface area contributed by atoms with E-state index >= 15 is 0 Å². The molecule has 4 rings (SSSR count). The highest BCUT2D eigenvalue weighted by molar-refractivity contribution is 7.15. The molecule has 2 heterocycles. The Morgan fingerprint density at radius 1 is 0.951 bits per heavy atom. The lowest BCUT2D eigenvalue weighted by atomic mass is 9.98. The van der Waals surface area contributed by atoms with Crippen molar-refractivity contribution < 1.29 is 14.3 Å². The van der Waals surface area contributed by atoms with Crippen LogP contribution in [0.4, 0.5) is 26.8 Å². The lowest BCUT2D eigenvalue weighted by molar-refractivity contribution is 0.122. The fourth-order valence-electron chi connectivity index (χ4n) is 3.95. The molecule has 0 spiro atoms. The monoisotopic (exact) mass is 572 g/mol. The average Bonchev–Trinajstić information content (AvgIpc) is 3.39. The largest absolute Gasteiger partial charge is 0.452 e. The molecule has 41 heavy (non-hydrogen) atoms. The minimum atomic E-state index is -0.507. The highest BCUT2D eigenvalue weighted by Gasteiger charge is 2.24. The third kappa shape index (κ3) is 7.40. The molecule has 10 heteroatoms. The average molecular weight is 573 g/mol. The minimum Gasteiger partial charge on any atom is -0.452 e. The van der Waals surface area contributed by atoms with Crippen molar-refractivity contribution in [1.82, 2.24) is 15.0 Å². The number of methoxy groups -OCH3 is 1. The van der Waals surface area contributed by atoms with Gasteiger partial charge in [-0.3, -0.25) is 5.43 Å². The Kier molecular flexibility index (Phi) is 8.92. The van der Waals surface area contributed by atoms with E-state index in [-0.39, 0.29) is 17.5 Å². The summed E-state index contributed by atoms with van der Waals surface area (Å²) in [5.74, 6) is 0.487. The zero-order valence-corrected chi connectivity index (χ0v) is 25.2. The Labute approximate surface area is 245 Å². The van der Waals surface area contributed by atoms with Crippen molar-refractivity contribution in [2.24, 2.45) is 0 Å². The number of ether oxygens (including phenoxy) is 1. The molecule has 4 aromatic rings. The first-order valence-electron chi connectivity index (χ1n) is 13.3. The molecule has 0 saturated carbocycles. The SMILES string of the molecule is COC(=O)N(Nc1cc(-c2nc(C(C)(C)C)sc2-c2cccc(NC(=O)Nc3ccc(C)cc3)c2)ccn1)C(C)C. The van der Waals surface area contributed by atoms with Gasteiger partial charge in [-0.2, -0.15) is 0 Å². The number of hydrazine groups is 1. The number of pyridine rings is 1. The molecule has 0 saturated heterocycles. The van der Waals surface area contributed by atoms with Gasteiger partial charge in [-0.15, -0.1) is 11.3 Å². The van der Waals surface area contributed by atoms with Gasteiger partial charge in [0.2, 0.25) is 0 Å². The maximum absolute atomic E-state index is 12.7. The minimum absolute atomic E-state index is 0.159. The number of carbonyl (C=O) groups is 2. The van der Waals surface area contributed by atoms with Crippen LogP contribution in [0.3, 0.4) is 0 Å². The van der Waals surface area contributed by atoms with E-state index in [1.165, 1.54) is 12.1 Å². The van der Waals surface area contributed by atoms with Gasteiger partial charge >= 0.3 is 12.1 Å². The van der Waals surface area contributed by atoms with Crippen LogP contribution < -0.4 is 16.1 Å². The molecular weight excluding hydrogens is 536 g/mol. The van der Waals surface area contributed by atoms with Crippen molar-refractivity contribution in [2.75, 3.05) is 23.2 Å². The normalized spacial score (nSPS) is 11.2. The van der Waals surface area contributed by atoms with E-state index in [2.05, 4.69) is 41.8 Å². The molecule has 2 aromatic heterocycles. The van der Waals surface area contributed by atoms with Crippen LogP contribution in [0.2, 0.25) is 0 Å². The summed E-state index contributed by atoms with van der Waals surface area (Å²) in [5.41, 5.74) is 7.94. The molecule has 3 N–H and O–H groups in total. The second kappa shape index (κ2) is 12.4. The van der Waals surface area contributed by atoms with Crippen LogP contribution >= 0.6 is 11.3 Å². The number of amides is 3. The Balaban J connectivity index is 1.66. The molecule has 0 fully saturated rings. The Bertz CT molecular complexity index is 1530. The molecule has 0 bridgehead atoms. The number of nitrogens with zero attached hydrogens (tertiary/aromatic N) is 3. The van der Waals surface area contributed by atoms with Gasteiger partial charge in [-0.25, -0.2) is 24.6 Å². The van der Waals surface area contributed by atoms with Crippen molar-refractivity contribution in [3.63, 3.8) is 0 Å². The molecule has 0 aliphatic carbocycles. The van der Waals surface area contributed by atoms with E-state index in [1.54, 1.807) is 17.5 Å². The number of anilines is 3. The van der Waals surface area contributed by atoms with Gasteiger partial charge in [0.1, 0.15) is 5.82 Å². The number of carbonyl (C=O) groups excluding carboxylic acids is 2. The summed E-state index contributed by atoms with van der Waals surface area (Å²) < 4.78 is 4.91. The zero-order valence-electron chi connectivity index (χ0n) is 24.4. The predicted octanol–water partition coefficient (Wildman–Crippen LogP) is 7.93. The number of nitrogens with one attached hydrogen (secondary N) is 3. The molecule has 0 unspecified atom stereocenters. The van der Waals surface area contributed by atoms with Crippen molar-refractivity contribution in [1.29, 1.82) is 0 Å². The van der Waals surface area contributed by atoms with Crippen molar-refractivity contribution >= 4 is 40.7 Å². The van der Waals surface area contributed by atoms with Crippen LogP contribution in [-0.2, 0) is 10.2 Å². The van der Waals surface area contributed by atoms with Gasteiger partial charge in [0.15, 0.2) is 0 Å². The van der Waals surface area contributed by atoms with Gasteiger partial charge in [0.25, 0.3) is 0 Å². The summed E-state index contributed by atoms with van der Waals surface area (Å²) in [6, 6.07) is 18.6. The molecular formula is C31H36N6O3S. The maximum Gasteiger partial charge on any atom is 0.428 e. The van der Waals surface area contributed by atoms with Crippen LogP contribution in [0.1, 0.15) is 45.2 Å². The molecule has 0 aliphatic rings. The molecule has 9 nitrogen and oxygen atoms in total. The van der Waals surface area contributed by atoms with Gasteiger partial charge in [-0.1, -0.05) is 50.6 Å². The van der Waals surface area contributed by atoms with Crippen molar-refractivity contribution in [3.05, 3.63) is 77.4 Å². The summed E-state index contributed by atoms with van der Waals surface area (Å²) in [7, 11) is 1.34. The first-order chi connectivity index (χ1) is 19.4. The lowest BCUT2D eigenvalue weighted by Crippen LogP contribution is -2.41. The second-order valence-electron chi connectivity index (χ2n) is 10.9. The molecule has 214 valence electrons. The molecule has 0 aliphatic heterocycles. The number of hydrogen-bond acceptors (Lipinski definition) is 7. The summed E-state index contributed by atoms with van der Waals surface area (Å²) in [5, 5.41) is 8.16. The standard InChI is InChI=1S/C31H36N6O3S/c1-19(2)37(30(39)40-7)36-25-18-21(15-16-32-25)26-27(41-28(35-26)31(4,5)6)22-9-8-10-24(17-22)34-29(38)33-23-13-11-20(3)12-14-23/h8-19H,1-7H3,(H,32,36)(H2,33,34,38). The van der Waals surface area contributed by atoms with Crippen molar-refractivity contribution in [3.8, 4) is 21.7 Å². The van der Waals surface area contributed by atoms with E-state index in [0.717, 1.165) is 32.3 Å². The number of aryl methyl sites for hydroxylation is 1.